The van der Waals surface area contributed by atoms with Crippen molar-refractivity contribution >= 4 is 10.8 Å². The van der Waals surface area contributed by atoms with Gasteiger partial charge in [-0.25, -0.2) is 0 Å². The largest absolute Gasteiger partial charge is 0.504 e. The molecule has 0 fully saturated rings. The standard InChI is InChI=1S/C11H10O2/c1-7-2-3-8-5-10(12)11(13)6-9(8)4-7/h2-6,12-13H,1H3. The first-order valence-electron chi connectivity index (χ1n) is 4.09. The Morgan fingerprint density at radius 3 is 2.15 bits per heavy atom. The van der Waals surface area contributed by atoms with Crippen LogP contribution in [-0.2, 0) is 0 Å². The summed E-state index contributed by atoms with van der Waals surface area (Å²) in [5.74, 6) is -0.144. The first kappa shape index (κ1) is 7.92. The summed E-state index contributed by atoms with van der Waals surface area (Å²) in [5.41, 5.74) is 1.14. The van der Waals surface area contributed by atoms with Crippen molar-refractivity contribution in [1.82, 2.24) is 0 Å². The quantitative estimate of drug-likeness (QED) is 0.602. The van der Waals surface area contributed by atoms with Crippen LogP contribution in [0.25, 0.3) is 10.8 Å². The van der Waals surface area contributed by atoms with Crippen LogP contribution in [0.3, 0.4) is 0 Å². The van der Waals surface area contributed by atoms with Crippen LogP contribution in [0.2, 0.25) is 0 Å². The van der Waals surface area contributed by atoms with E-state index >= 15 is 0 Å². The smallest absolute Gasteiger partial charge is 0.158 e. The highest BCUT2D eigenvalue weighted by Crippen LogP contribution is 2.30. The molecule has 0 aliphatic carbocycles. The van der Waals surface area contributed by atoms with Gasteiger partial charge in [-0.05, 0) is 29.8 Å². The fraction of sp³-hybridized carbons (Fsp3) is 0.0909. The lowest BCUT2D eigenvalue weighted by molar-refractivity contribution is 0.405. The number of hydrogen-bond acceptors (Lipinski definition) is 2. The van der Waals surface area contributed by atoms with Crippen LogP contribution in [0.4, 0.5) is 0 Å². The van der Waals surface area contributed by atoms with Gasteiger partial charge >= 0.3 is 0 Å². The third-order valence-corrected chi connectivity index (χ3v) is 2.09. The van der Waals surface area contributed by atoms with Crippen molar-refractivity contribution in [2.24, 2.45) is 0 Å². The Labute approximate surface area is 76.1 Å². The Morgan fingerprint density at radius 1 is 0.846 bits per heavy atom. The monoisotopic (exact) mass is 174 g/mol. The lowest BCUT2D eigenvalue weighted by atomic mass is 10.1. The lowest BCUT2D eigenvalue weighted by Crippen LogP contribution is -1.76. The summed E-state index contributed by atoms with van der Waals surface area (Å²) in [7, 11) is 0. The van der Waals surface area contributed by atoms with E-state index in [2.05, 4.69) is 0 Å². The van der Waals surface area contributed by atoms with Crippen LogP contribution in [0.1, 0.15) is 5.56 Å². The Hall–Kier alpha value is -1.70. The van der Waals surface area contributed by atoms with Gasteiger partial charge in [-0.1, -0.05) is 23.8 Å². The maximum Gasteiger partial charge on any atom is 0.158 e. The average molecular weight is 174 g/mol. The number of aryl methyl sites for hydroxylation is 1. The third kappa shape index (κ3) is 1.31. The molecule has 2 aromatic rings. The van der Waals surface area contributed by atoms with Crippen molar-refractivity contribution in [1.29, 1.82) is 0 Å². The first-order valence-corrected chi connectivity index (χ1v) is 4.09. The molecule has 0 aromatic heterocycles. The van der Waals surface area contributed by atoms with Crippen LogP contribution in [-0.4, -0.2) is 10.2 Å². The second-order valence-electron chi connectivity index (χ2n) is 3.19. The van der Waals surface area contributed by atoms with Crippen LogP contribution >= 0.6 is 0 Å². The van der Waals surface area contributed by atoms with Crippen molar-refractivity contribution in [3.05, 3.63) is 35.9 Å². The molecule has 0 spiro atoms. The molecule has 0 bridgehead atoms. The molecular weight excluding hydrogens is 164 g/mol. The summed E-state index contributed by atoms with van der Waals surface area (Å²) >= 11 is 0. The summed E-state index contributed by atoms with van der Waals surface area (Å²) in [6, 6.07) is 8.99. The van der Waals surface area contributed by atoms with Crippen LogP contribution in [0.15, 0.2) is 30.3 Å². The van der Waals surface area contributed by atoms with E-state index in [1.807, 2.05) is 25.1 Å². The molecule has 2 heteroatoms. The SMILES string of the molecule is Cc1ccc2cc(O)c(O)cc2c1. The highest BCUT2D eigenvalue weighted by molar-refractivity contribution is 5.86. The first-order chi connectivity index (χ1) is 6.16. The van der Waals surface area contributed by atoms with Gasteiger partial charge in [0.05, 0.1) is 0 Å². The Kier molecular flexibility index (Phi) is 1.62. The predicted molar refractivity (Wildman–Crippen MR) is 52.0 cm³/mol. The number of benzene rings is 2. The fourth-order valence-electron chi connectivity index (χ4n) is 1.39. The number of rotatable bonds is 0. The van der Waals surface area contributed by atoms with E-state index in [4.69, 9.17) is 0 Å². The zero-order valence-corrected chi connectivity index (χ0v) is 7.28. The van der Waals surface area contributed by atoms with E-state index in [9.17, 15) is 10.2 Å². The Bertz CT molecular complexity index is 461. The maximum atomic E-state index is 9.26. The van der Waals surface area contributed by atoms with E-state index < -0.39 is 0 Å². The second-order valence-corrected chi connectivity index (χ2v) is 3.19. The van der Waals surface area contributed by atoms with Gasteiger partial charge in [-0.15, -0.1) is 0 Å². The Balaban J connectivity index is 2.81. The molecular formula is C11H10O2. The highest BCUT2D eigenvalue weighted by Gasteiger charge is 2.01. The van der Waals surface area contributed by atoms with Crippen molar-refractivity contribution < 1.29 is 10.2 Å². The van der Waals surface area contributed by atoms with Gasteiger partial charge in [-0.3, -0.25) is 0 Å². The third-order valence-electron chi connectivity index (χ3n) is 2.09. The molecule has 0 radical (unpaired) electrons. The topological polar surface area (TPSA) is 40.5 Å². The summed E-state index contributed by atoms with van der Waals surface area (Å²) in [5, 5.41) is 20.4. The van der Waals surface area contributed by atoms with Gasteiger partial charge in [-0.2, -0.15) is 0 Å². The zero-order valence-electron chi connectivity index (χ0n) is 7.28. The minimum Gasteiger partial charge on any atom is -0.504 e. The van der Waals surface area contributed by atoms with Gasteiger partial charge in [0.25, 0.3) is 0 Å². The highest BCUT2D eigenvalue weighted by atomic mass is 16.3. The molecule has 0 unspecified atom stereocenters. The maximum absolute atomic E-state index is 9.26. The summed E-state index contributed by atoms with van der Waals surface area (Å²) in [6.07, 6.45) is 0. The molecule has 0 aliphatic heterocycles. The van der Waals surface area contributed by atoms with E-state index in [0.717, 1.165) is 16.3 Å². The molecule has 0 amide bonds. The summed E-state index contributed by atoms with van der Waals surface area (Å²) in [6.45, 7) is 1.99. The van der Waals surface area contributed by atoms with Crippen LogP contribution in [0, 0.1) is 6.92 Å². The molecule has 2 rings (SSSR count). The number of aromatic hydroxyl groups is 2. The van der Waals surface area contributed by atoms with E-state index in [1.165, 1.54) is 0 Å². The average Bonchev–Trinajstić information content (AvgIpc) is 2.08. The van der Waals surface area contributed by atoms with Crippen molar-refractivity contribution in [2.45, 2.75) is 6.92 Å². The van der Waals surface area contributed by atoms with Crippen molar-refractivity contribution in [3.63, 3.8) is 0 Å². The fourth-order valence-corrected chi connectivity index (χ4v) is 1.39. The molecule has 2 nitrogen and oxygen atoms in total. The van der Waals surface area contributed by atoms with E-state index in [1.54, 1.807) is 12.1 Å². The van der Waals surface area contributed by atoms with Gasteiger partial charge in [0, 0.05) is 0 Å². The number of phenols is 2. The normalized spacial score (nSPS) is 10.5. The molecule has 66 valence electrons. The second kappa shape index (κ2) is 2.66. The molecule has 0 aliphatic rings. The minimum absolute atomic E-state index is 0.0712. The molecule has 2 N–H and O–H groups in total. The number of fused-ring (bicyclic) bond motifs is 1. The summed E-state index contributed by atoms with van der Waals surface area (Å²) in [4.78, 5) is 0. The summed E-state index contributed by atoms with van der Waals surface area (Å²) < 4.78 is 0. The van der Waals surface area contributed by atoms with Gasteiger partial charge in [0.2, 0.25) is 0 Å². The van der Waals surface area contributed by atoms with Crippen molar-refractivity contribution in [3.8, 4) is 11.5 Å². The lowest BCUT2D eigenvalue weighted by Gasteiger charge is -2.02. The molecule has 0 heterocycles. The van der Waals surface area contributed by atoms with Gasteiger partial charge < -0.3 is 10.2 Å². The molecule has 0 atom stereocenters. The zero-order chi connectivity index (χ0) is 9.42. The van der Waals surface area contributed by atoms with Crippen LogP contribution in [0.5, 0.6) is 11.5 Å². The molecule has 2 aromatic carbocycles. The minimum atomic E-state index is -0.0728. The van der Waals surface area contributed by atoms with Gasteiger partial charge in [0.1, 0.15) is 0 Å². The molecule has 0 saturated heterocycles. The van der Waals surface area contributed by atoms with E-state index in [0.29, 0.717) is 0 Å². The molecule has 0 saturated carbocycles. The van der Waals surface area contributed by atoms with Crippen LogP contribution < -0.4 is 0 Å². The predicted octanol–water partition coefficient (Wildman–Crippen LogP) is 2.56. The van der Waals surface area contributed by atoms with Gasteiger partial charge in [0.15, 0.2) is 11.5 Å². The Morgan fingerprint density at radius 2 is 1.46 bits per heavy atom. The van der Waals surface area contributed by atoms with E-state index in [-0.39, 0.29) is 11.5 Å². The number of phenolic OH excluding ortho intramolecular Hbond substituents is 2. The number of hydrogen-bond donors (Lipinski definition) is 2. The molecule has 13 heavy (non-hydrogen) atoms. The van der Waals surface area contributed by atoms with Crippen molar-refractivity contribution in [2.75, 3.05) is 0 Å².